The van der Waals surface area contributed by atoms with E-state index in [4.69, 9.17) is 4.42 Å². The highest BCUT2D eigenvalue weighted by molar-refractivity contribution is 6.11. The van der Waals surface area contributed by atoms with Crippen molar-refractivity contribution in [1.82, 2.24) is 0 Å². The fourth-order valence-electron chi connectivity index (χ4n) is 2.80. The first kappa shape index (κ1) is 14.3. The molecule has 0 saturated heterocycles. The summed E-state index contributed by atoms with van der Waals surface area (Å²) in [4.78, 5) is 12.4. The van der Waals surface area contributed by atoms with Crippen molar-refractivity contribution in [3.05, 3.63) is 84.1 Å². The Balaban J connectivity index is 1.71. The third kappa shape index (κ3) is 2.57. The number of hydrogen-bond donors (Lipinski definition) is 1. The molecule has 4 rings (SSSR count). The normalized spacial score (nSPS) is 11.5. The molecule has 3 nitrogen and oxygen atoms in total. The van der Waals surface area contributed by atoms with E-state index < -0.39 is 0 Å². The van der Waals surface area contributed by atoms with Gasteiger partial charge in [-0.05, 0) is 46.7 Å². The van der Waals surface area contributed by atoms with Crippen molar-refractivity contribution < 1.29 is 14.3 Å². The second-order valence-corrected chi connectivity index (χ2v) is 5.60. The van der Waals surface area contributed by atoms with E-state index in [-0.39, 0.29) is 11.5 Å². The molecule has 0 spiro atoms. The van der Waals surface area contributed by atoms with E-state index in [0.717, 1.165) is 21.7 Å². The Hall–Kier alpha value is -3.33. The second kappa shape index (κ2) is 5.70. The third-order valence-electron chi connectivity index (χ3n) is 3.97. The number of fused-ring (bicyclic) bond motifs is 3. The van der Waals surface area contributed by atoms with Crippen LogP contribution in [-0.4, -0.2) is 10.9 Å². The van der Waals surface area contributed by atoms with Gasteiger partial charge in [0.25, 0.3) is 0 Å². The predicted octanol–water partition coefficient (Wildman–Crippen LogP) is 5.19. The van der Waals surface area contributed by atoms with E-state index in [1.165, 1.54) is 6.08 Å². The predicted molar refractivity (Wildman–Crippen MR) is 95.2 cm³/mol. The van der Waals surface area contributed by atoms with Gasteiger partial charge in [-0.25, -0.2) is 0 Å². The van der Waals surface area contributed by atoms with E-state index in [9.17, 15) is 9.90 Å². The van der Waals surface area contributed by atoms with Crippen molar-refractivity contribution in [3.63, 3.8) is 0 Å². The van der Waals surface area contributed by atoms with Gasteiger partial charge < -0.3 is 9.52 Å². The molecule has 24 heavy (non-hydrogen) atoms. The summed E-state index contributed by atoms with van der Waals surface area (Å²) in [6, 6.07) is 20.4. The van der Waals surface area contributed by atoms with E-state index >= 15 is 0 Å². The monoisotopic (exact) mass is 314 g/mol. The van der Waals surface area contributed by atoms with Gasteiger partial charge in [0.1, 0.15) is 11.3 Å². The van der Waals surface area contributed by atoms with Crippen molar-refractivity contribution >= 4 is 33.6 Å². The summed E-state index contributed by atoms with van der Waals surface area (Å²) in [7, 11) is 0. The number of carbonyl (C=O) groups is 1. The van der Waals surface area contributed by atoms with Gasteiger partial charge in [0.2, 0.25) is 5.78 Å². The van der Waals surface area contributed by atoms with Gasteiger partial charge in [-0.2, -0.15) is 0 Å². The molecule has 3 heteroatoms. The van der Waals surface area contributed by atoms with Gasteiger partial charge >= 0.3 is 0 Å². The maximum Gasteiger partial charge on any atom is 0.221 e. The zero-order chi connectivity index (χ0) is 16.5. The molecule has 0 aliphatic rings. The number of aromatic hydroxyl groups is 1. The summed E-state index contributed by atoms with van der Waals surface area (Å²) in [6.45, 7) is 0. The topological polar surface area (TPSA) is 50.4 Å². The van der Waals surface area contributed by atoms with Crippen LogP contribution < -0.4 is 0 Å². The maximum atomic E-state index is 12.4. The minimum Gasteiger partial charge on any atom is -0.508 e. The molecule has 0 unspecified atom stereocenters. The van der Waals surface area contributed by atoms with Gasteiger partial charge in [-0.15, -0.1) is 0 Å². The molecule has 1 N–H and O–H groups in total. The first-order chi connectivity index (χ1) is 11.7. The molecule has 0 bridgehead atoms. The molecule has 0 amide bonds. The van der Waals surface area contributed by atoms with Crippen molar-refractivity contribution in [2.24, 2.45) is 0 Å². The molecule has 1 heterocycles. The van der Waals surface area contributed by atoms with Gasteiger partial charge in [0.05, 0.1) is 0 Å². The number of benzene rings is 3. The summed E-state index contributed by atoms with van der Waals surface area (Å²) in [6.07, 6.45) is 3.11. The number of ketones is 1. The van der Waals surface area contributed by atoms with Crippen LogP contribution in [0.4, 0.5) is 0 Å². The lowest BCUT2D eigenvalue weighted by molar-refractivity contribution is 0.102. The van der Waals surface area contributed by atoms with E-state index in [2.05, 4.69) is 0 Å². The van der Waals surface area contributed by atoms with Crippen LogP contribution in [0.2, 0.25) is 0 Å². The van der Waals surface area contributed by atoms with Gasteiger partial charge in [0, 0.05) is 5.39 Å². The first-order valence-corrected chi connectivity index (χ1v) is 7.63. The number of hydrogen-bond acceptors (Lipinski definition) is 3. The minimum absolute atomic E-state index is 0.166. The molecule has 0 aliphatic heterocycles. The van der Waals surface area contributed by atoms with Crippen molar-refractivity contribution in [3.8, 4) is 5.75 Å². The molecular weight excluding hydrogens is 300 g/mol. The molecule has 0 saturated carbocycles. The Kier molecular flexibility index (Phi) is 3.39. The molecule has 0 atom stereocenters. The summed E-state index contributed by atoms with van der Waals surface area (Å²) in [5, 5.41) is 12.6. The number of rotatable bonds is 3. The Morgan fingerprint density at radius 2 is 1.79 bits per heavy atom. The average molecular weight is 314 g/mol. The Morgan fingerprint density at radius 1 is 0.917 bits per heavy atom. The number of allylic oxidation sites excluding steroid dienone is 1. The number of phenols is 1. The number of phenolic OH excluding ortho intramolecular Hbond substituents is 1. The van der Waals surface area contributed by atoms with Crippen LogP contribution >= 0.6 is 0 Å². The fraction of sp³-hybridized carbons (Fsp3) is 0. The van der Waals surface area contributed by atoms with Gasteiger partial charge in [-0.3, -0.25) is 4.79 Å². The Labute approximate surface area is 138 Å². The van der Waals surface area contributed by atoms with Crippen LogP contribution in [0.1, 0.15) is 16.1 Å². The molecule has 3 aromatic carbocycles. The fourth-order valence-corrected chi connectivity index (χ4v) is 2.80. The molecule has 0 radical (unpaired) electrons. The molecule has 0 fully saturated rings. The average Bonchev–Trinajstić information content (AvgIpc) is 3.04. The summed E-state index contributed by atoms with van der Waals surface area (Å²) < 4.78 is 5.70. The first-order valence-electron chi connectivity index (χ1n) is 7.63. The van der Waals surface area contributed by atoms with E-state index in [1.54, 1.807) is 30.3 Å². The Bertz CT molecular complexity index is 1090. The highest BCUT2D eigenvalue weighted by atomic mass is 16.3. The summed E-state index contributed by atoms with van der Waals surface area (Å²) in [5.41, 5.74) is 1.45. The van der Waals surface area contributed by atoms with Crippen molar-refractivity contribution in [1.29, 1.82) is 0 Å². The van der Waals surface area contributed by atoms with Crippen LogP contribution in [0.5, 0.6) is 5.75 Å². The van der Waals surface area contributed by atoms with Crippen molar-refractivity contribution in [2.75, 3.05) is 0 Å². The zero-order valence-corrected chi connectivity index (χ0v) is 12.8. The van der Waals surface area contributed by atoms with Crippen LogP contribution in [0, 0.1) is 0 Å². The standard InChI is InChI=1S/C21H14O3/c22-16-6-3-4-14(12-16)8-10-19(23)21-13-18-17-7-2-1-5-15(17)9-11-20(18)24-21/h1-13,22H/b10-8+. The summed E-state index contributed by atoms with van der Waals surface area (Å²) in [5.74, 6) is 0.260. The van der Waals surface area contributed by atoms with Crippen LogP contribution in [0.3, 0.4) is 0 Å². The highest BCUT2D eigenvalue weighted by Crippen LogP contribution is 2.28. The Morgan fingerprint density at radius 3 is 2.67 bits per heavy atom. The number of furan rings is 1. The molecule has 4 aromatic rings. The smallest absolute Gasteiger partial charge is 0.221 e. The highest BCUT2D eigenvalue weighted by Gasteiger charge is 2.11. The maximum absolute atomic E-state index is 12.4. The molecule has 1 aromatic heterocycles. The van der Waals surface area contributed by atoms with Gasteiger partial charge in [-0.1, -0.05) is 48.5 Å². The van der Waals surface area contributed by atoms with Gasteiger partial charge in [0.15, 0.2) is 5.76 Å². The second-order valence-electron chi connectivity index (χ2n) is 5.60. The lowest BCUT2D eigenvalue weighted by Gasteiger charge is -1.96. The lowest BCUT2D eigenvalue weighted by atomic mass is 10.1. The number of carbonyl (C=O) groups excluding carboxylic acids is 1. The molecule has 116 valence electrons. The van der Waals surface area contributed by atoms with Crippen LogP contribution in [-0.2, 0) is 0 Å². The SMILES string of the molecule is O=C(/C=C/c1cccc(O)c1)c1cc2c(ccc3ccccc32)o1. The largest absolute Gasteiger partial charge is 0.508 e. The molecular formula is C21H14O3. The minimum atomic E-state index is -0.210. The third-order valence-corrected chi connectivity index (χ3v) is 3.97. The van der Waals surface area contributed by atoms with Crippen LogP contribution in [0.25, 0.3) is 27.8 Å². The van der Waals surface area contributed by atoms with Crippen molar-refractivity contribution in [2.45, 2.75) is 0 Å². The lowest BCUT2D eigenvalue weighted by Crippen LogP contribution is -1.90. The zero-order valence-electron chi connectivity index (χ0n) is 12.8. The van der Waals surface area contributed by atoms with E-state index in [1.807, 2.05) is 42.5 Å². The van der Waals surface area contributed by atoms with E-state index in [0.29, 0.717) is 11.3 Å². The quantitative estimate of drug-likeness (QED) is 0.418. The van der Waals surface area contributed by atoms with Crippen LogP contribution in [0.15, 0.2) is 77.2 Å². The summed E-state index contributed by atoms with van der Waals surface area (Å²) >= 11 is 0. The molecule has 0 aliphatic carbocycles.